The Morgan fingerprint density at radius 2 is 1.68 bits per heavy atom. The van der Waals surface area contributed by atoms with Gasteiger partial charge in [0.15, 0.2) is 5.16 Å². The molecule has 3 aromatic carbocycles. The molecule has 0 saturated carbocycles. The van der Waals surface area contributed by atoms with E-state index in [0.717, 1.165) is 11.3 Å². The standard InChI is InChI=1S/C23H19ClN2OS/c1-16-10-12-17(13-11-16)15-28-23-25-21-9-5-3-7-19(21)22(27)26(23)14-18-6-2-4-8-20(18)24/h2-13H,14-15H2,1H3. The van der Waals surface area contributed by atoms with Crippen molar-refractivity contribution in [2.45, 2.75) is 24.4 Å². The number of fused-ring (bicyclic) bond motifs is 1. The van der Waals surface area contributed by atoms with Crippen LogP contribution in [0.3, 0.4) is 0 Å². The van der Waals surface area contributed by atoms with Gasteiger partial charge in [-0.15, -0.1) is 0 Å². The fourth-order valence-corrected chi connectivity index (χ4v) is 4.18. The number of aryl methyl sites for hydroxylation is 1. The minimum Gasteiger partial charge on any atom is -0.283 e. The Hall–Kier alpha value is -2.56. The summed E-state index contributed by atoms with van der Waals surface area (Å²) in [7, 11) is 0. The Morgan fingerprint density at radius 3 is 2.46 bits per heavy atom. The van der Waals surface area contributed by atoms with Crippen molar-refractivity contribution >= 4 is 34.3 Å². The van der Waals surface area contributed by atoms with Gasteiger partial charge in [0.25, 0.3) is 5.56 Å². The van der Waals surface area contributed by atoms with Gasteiger partial charge in [-0.25, -0.2) is 4.98 Å². The molecular formula is C23H19ClN2OS. The highest BCUT2D eigenvalue weighted by molar-refractivity contribution is 7.98. The number of halogens is 1. The Balaban J connectivity index is 1.75. The van der Waals surface area contributed by atoms with Gasteiger partial charge in [0, 0.05) is 10.8 Å². The van der Waals surface area contributed by atoms with Crippen molar-refractivity contribution in [3.8, 4) is 0 Å². The van der Waals surface area contributed by atoms with Gasteiger partial charge in [0.1, 0.15) is 0 Å². The summed E-state index contributed by atoms with van der Waals surface area (Å²) in [5, 5.41) is 1.97. The molecule has 0 fully saturated rings. The smallest absolute Gasteiger partial charge is 0.262 e. The Labute approximate surface area is 173 Å². The molecule has 0 amide bonds. The van der Waals surface area contributed by atoms with Gasteiger partial charge in [-0.05, 0) is 36.2 Å². The molecule has 5 heteroatoms. The Bertz CT molecular complexity index is 1190. The van der Waals surface area contributed by atoms with E-state index in [1.54, 1.807) is 16.3 Å². The van der Waals surface area contributed by atoms with Crippen LogP contribution in [0, 0.1) is 6.92 Å². The summed E-state index contributed by atoms with van der Waals surface area (Å²) in [6.45, 7) is 2.47. The van der Waals surface area contributed by atoms with E-state index < -0.39 is 0 Å². The van der Waals surface area contributed by atoms with Crippen LogP contribution in [0.5, 0.6) is 0 Å². The summed E-state index contributed by atoms with van der Waals surface area (Å²) in [6.07, 6.45) is 0. The van der Waals surface area contributed by atoms with Crippen LogP contribution in [0.4, 0.5) is 0 Å². The zero-order chi connectivity index (χ0) is 19.5. The predicted octanol–water partition coefficient (Wildman–Crippen LogP) is 5.70. The van der Waals surface area contributed by atoms with Crippen LogP contribution in [-0.2, 0) is 12.3 Å². The van der Waals surface area contributed by atoms with E-state index in [0.29, 0.717) is 27.6 Å². The fraction of sp³-hybridized carbons (Fsp3) is 0.130. The first kappa shape index (κ1) is 18.8. The first-order valence-electron chi connectivity index (χ1n) is 9.03. The number of hydrogen-bond donors (Lipinski definition) is 0. The van der Waals surface area contributed by atoms with Crippen LogP contribution in [0.2, 0.25) is 5.02 Å². The average molecular weight is 407 g/mol. The lowest BCUT2D eigenvalue weighted by Crippen LogP contribution is -2.24. The molecule has 0 aliphatic heterocycles. The van der Waals surface area contributed by atoms with E-state index in [1.807, 2.05) is 48.5 Å². The van der Waals surface area contributed by atoms with Crippen molar-refractivity contribution in [1.82, 2.24) is 9.55 Å². The highest BCUT2D eigenvalue weighted by Gasteiger charge is 2.13. The maximum atomic E-state index is 13.2. The number of nitrogens with zero attached hydrogens (tertiary/aromatic N) is 2. The lowest BCUT2D eigenvalue weighted by atomic mass is 10.2. The molecule has 0 radical (unpaired) electrons. The van der Waals surface area contributed by atoms with Gasteiger partial charge in [-0.3, -0.25) is 9.36 Å². The van der Waals surface area contributed by atoms with Gasteiger partial charge in [0.2, 0.25) is 0 Å². The minimum absolute atomic E-state index is 0.0445. The van der Waals surface area contributed by atoms with E-state index in [1.165, 1.54) is 11.1 Å². The molecule has 0 bridgehead atoms. The monoisotopic (exact) mass is 406 g/mol. The van der Waals surface area contributed by atoms with Crippen molar-refractivity contribution < 1.29 is 0 Å². The number of para-hydroxylation sites is 1. The summed E-state index contributed by atoms with van der Waals surface area (Å²) in [5.74, 6) is 0.744. The summed E-state index contributed by atoms with van der Waals surface area (Å²) in [6, 6.07) is 23.5. The van der Waals surface area contributed by atoms with Crippen molar-refractivity contribution in [3.63, 3.8) is 0 Å². The topological polar surface area (TPSA) is 34.9 Å². The largest absolute Gasteiger partial charge is 0.283 e. The Kier molecular flexibility index (Phi) is 5.51. The number of hydrogen-bond acceptors (Lipinski definition) is 3. The average Bonchev–Trinajstić information content (AvgIpc) is 2.71. The molecule has 28 heavy (non-hydrogen) atoms. The van der Waals surface area contributed by atoms with Crippen LogP contribution in [-0.4, -0.2) is 9.55 Å². The molecular weight excluding hydrogens is 388 g/mol. The van der Waals surface area contributed by atoms with E-state index in [2.05, 4.69) is 31.2 Å². The summed E-state index contributed by atoms with van der Waals surface area (Å²) in [5.41, 5.74) is 4.00. The van der Waals surface area contributed by atoms with Crippen molar-refractivity contribution in [2.24, 2.45) is 0 Å². The zero-order valence-electron chi connectivity index (χ0n) is 15.4. The van der Waals surface area contributed by atoms with Crippen LogP contribution < -0.4 is 5.56 Å². The third kappa shape index (κ3) is 3.98. The normalized spacial score (nSPS) is 11.1. The lowest BCUT2D eigenvalue weighted by Gasteiger charge is -2.14. The van der Waals surface area contributed by atoms with Crippen LogP contribution in [0.1, 0.15) is 16.7 Å². The molecule has 0 spiro atoms. The fourth-order valence-electron chi connectivity index (χ4n) is 3.03. The molecule has 0 atom stereocenters. The number of rotatable bonds is 5. The second-order valence-corrected chi connectivity index (χ2v) is 8.02. The quantitative estimate of drug-likeness (QED) is 0.315. The van der Waals surface area contributed by atoms with Crippen LogP contribution in [0.15, 0.2) is 82.7 Å². The molecule has 0 unspecified atom stereocenters. The second-order valence-electron chi connectivity index (χ2n) is 6.67. The summed E-state index contributed by atoms with van der Waals surface area (Å²) < 4.78 is 1.72. The molecule has 0 aliphatic rings. The van der Waals surface area contributed by atoms with E-state index in [4.69, 9.17) is 16.6 Å². The molecule has 3 nitrogen and oxygen atoms in total. The lowest BCUT2D eigenvalue weighted by molar-refractivity contribution is 0.658. The molecule has 0 N–H and O–H groups in total. The third-order valence-corrected chi connectivity index (χ3v) is 6.02. The van der Waals surface area contributed by atoms with E-state index in [-0.39, 0.29) is 5.56 Å². The molecule has 4 rings (SSSR count). The van der Waals surface area contributed by atoms with Gasteiger partial charge < -0.3 is 0 Å². The van der Waals surface area contributed by atoms with Crippen molar-refractivity contribution in [1.29, 1.82) is 0 Å². The maximum Gasteiger partial charge on any atom is 0.262 e. The summed E-state index contributed by atoms with van der Waals surface area (Å²) >= 11 is 7.91. The zero-order valence-corrected chi connectivity index (χ0v) is 17.0. The molecule has 1 heterocycles. The van der Waals surface area contributed by atoms with Crippen LogP contribution in [0.25, 0.3) is 10.9 Å². The SMILES string of the molecule is Cc1ccc(CSc2nc3ccccc3c(=O)n2Cc2ccccc2Cl)cc1. The van der Waals surface area contributed by atoms with Gasteiger partial charge in [-0.2, -0.15) is 0 Å². The number of benzene rings is 3. The van der Waals surface area contributed by atoms with Crippen molar-refractivity contribution in [3.05, 3.63) is 105 Å². The van der Waals surface area contributed by atoms with E-state index >= 15 is 0 Å². The first-order chi connectivity index (χ1) is 13.6. The Morgan fingerprint density at radius 1 is 0.964 bits per heavy atom. The molecule has 1 aromatic heterocycles. The summed E-state index contributed by atoms with van der Waals surface area (Å²) in [4.78, 5) is 18.0. The molecule has 4 aromatic rings. The van der Waals surface area contributed by atoms with Crippen molar-refractivity contribution in [2.75, 3.05) is 0 Å². The number of thioether (sulfide) groups is 1. The second kappa shape index (κ2) is 8.21. The molecule has 0 saturated heterocycles. The number of aromatic nitrogens is 2. The molecule has 140 valence electrons. The molecule has 0 aliphatic carbocycles. The van der Waals surface area contributed by atoms with Gasteiger partial charge in [0.05, 0.1) is 17.4 Å². The minimum atomic E-state index is -0.0445. The highest BCUT2D eigenvalue weighted by Crippen LogP contribution is 2.24. The van der Waals surface area contributed by atoms with Gasteiger partial charge in [-0.1, -0.05) is 83.5 Å². The predicted molar refractivity (Wildman–Crippen MR) is 117 cm³/mol. The maximum absolute atomic E-state index is 13.2. The van der Waals surface area contributed by atoms with Gasteiger partial charge >= 0.3 is 0 Å². The highest BCUT2D eigenvalue weighted by atomic mass is 35.5. The third-order valence-electron chi connectivity index (χ3n) is 4.60. The van der Waals surface area contributed by atoms with Crippen LogP contribution >= 0.6 is 23.4 Å². The first-order valence-corrected chi connectivity index (χ1v) is 10.4. The van der Waals surface area contributed by atoms with E-state index in [9.17, 15) is 4.79 Å².